The van der Waals surface area contributed by atoms with Crippen molar-refractivity contribution in [2.75, 3.05) is 5.75 Å². The summed E-state index contributed by atoms with van der Waals surface area (Å²) in [5, 5.41) is 2.26. The molecule has 1 aliphatic heterocycles. The molecule has 0 fully saturated rings. The lowest BCUT2D eigenvalue weighted by Crippen LogP contribution is -1.91. The molecule has 0 bridgehead atoms. The molecule has 1 aliphatic rings. The van der Waals surface area contributed by atoms with Crippen molar-refractivity contribution in [1.29, 1.82) is 0 Å². The number of thiol groups is 1. The fraction of sp³-hybridized carbons (Fsp3) is 0.750. The number of hydrogen-bond acceptors (Lipinski definition) is 3. The molecule has 11 heavy (non-hydrogen) atoms. The Hall–Kier alpha value is 0.790. The molecule has 1 atom stereocenters. The van der Waals surface area contributed by atoms with Crippen LogP contribution >= 0.6 is 36.2 Å². The number of thioether (sulfide) groups is 2. The summed E-state index contributed by atoms with van der Waals surface area (Å²) in [5.41, 5.74) is 0. The summed E-state index contributed by atoms with van der Waals surface area (Å²) in [5.74, 6) is 0.917. The molecule has 1 heterocycles. The number of hydrogen-bond donors (Lipinski definition) is 1. The van der Waals surface area contributed by atoms with Gasteiger partial charge in [-0.3, -0.25) is 0 Å². The average molecular weight is 206 g/mol. The van der Waals surface area contributed by atoms with Crippen LogP contribution in [0.3, 0.4) is 0 Å². The van der Waals surface area contributed by atoms with E-state index in [9.17, 15) is 0 Å². The molecule has 0 saturated heterocycles. The van der Waals surface area contributed by atoms with Crippen molar-refractivity contribution in [3.8, 4) is 0 Å². The van der Waals surface area contributed by atoms with E-state index < -0.39 is 0 Å². The van der Waals surface area contributed by atoms with Gasteiger partial charge in [0.25, 0.3) is 0 Å². The topological polar surface area (TPSA) is 0 Å². The fourth-order valence-corrected chi connectivity index (χ4v) is 3.92. The van der Waals surface area contributed by atoms with Crippen LogP contribution in [0.5, 0.6) is 0 Å². The first-order chi connectivity index (χ1) is 5.36. The van der Waals surface area contributed by atoms with Gasteiger partial charge in [0, 0.05) is 10.7 Å². The van der Waals surface area contributed by atoms with Crippen molar-refractivity contribution < 1.29 is 0 Å². The van der Waals surface area contributed by atoms with Gasteiger partial charge >= 0.3 is 0 Å². The maximum absolute atomic E-state index is 4.24. The molecule has 0 aromatic heterocycles. The lowest BCUT2D eigenvalue weighted by Gasteiger charge is -2.06. The summed E-state index contributed by atoms with van der Waals surface area (Å²) in [6.45, 7) is 2.25. The molecule has 3 heteroatoms. The van der Waals surface area contributed by atoms with Gasteiger partial charge in [0.1, 0.15) is 0 Å². The van der Waals surface area contributed by atoms with Crippen molar-refractivity contribution in [3.05, 3.63) is 10.3 Å². The maximum atomic E-state index is 4.24. The first kappa shape index (κ1) is 9.87. The third-order valence-corrected chi connectivity index (χ3v) is 4.93. The van der Waals surface area contributed by atoms with E-state index in [1.165, 1.54) is 24.2 Å². The molecule has 0 amide bonds. The van der Waals surface area contributed by atoms with E-state index >= 15 is 0 Å². The Morgan fingerprint density at radius 3 is 3.00 bits per heavy atom. The van der Waals surface area contributed by atoms with Crippen molar-refractivity contribution in [1.82, 2.24) is 0 Å². The highest BCUT2D eigenvalue weighted by atomic mass is 32.2. The summed E-state index contributed by atoms with van der Waals surface area (Å²) < 4.78 is 0.789. The summed E-state index contributed by atoms with van der Waals surface area (Å²) in [7, 11) is 0. The molecule has 0 aliphatic carbocycles. The molecule has 0 nitrogen and oxygen atoms in total. The van der Waals surface area contributed by atoms with Gasteiger partial charge in [-0.15, -0.1) is 23.5 Å². The Balaban J connectivity index is 2.14. The lowest BCUT2D eigenvalue weighted by molar-refractivity contribution is 0.765. The highest BCUT2D eigenvalue weighted by Gasteiger charge is 2.16. The van der Waals surface area contributed by atoms with E-state index in [0.29, 0.717) is 0 Å². The van der Waals surface area contributed by atoms with Crippen molar-refractivity contribution in [3.63, 3.8) is 0 Å². The van der Waals surface area contributed by atoms with Crippen molar-refractivity contribution in [2.45, 2.75) is 30.8 Å². The molecule has 0 saturated carbocycles. The van der Waals surface area contributed by atoms with E-state index in [1.807, 2.05) is 23.5 Å². The van der Waals surface area contributed by atoms with E-state index in [2.05, 4.69) is 25.0 Å². The molecule has 1 rings (SSSR count). The predicted molar refractivity (Wildman–Crippen MR) is 60.4 cm³/mol. The monoisotopic (exact) mass is 206 g/mol. The van der Waals surface area contributed by atoms with Gasteiger partial charge in [-0.1, -0.05) is 19.8 Å². The van der Waals surface area contributed by atoms with Crippen LogP contribution in [-0.4, -0.2) is 10.3 Å². The highest BCUT2D eigenvalue weighted by Crippen LogP contribution is 2.42. The first-order valence-electron chi connectivity index (χ1n) is 3.99. The Morgan fingerprint density at radius 1 is 1.64 bits per heavy atom. The molecule has 0 aromatic rings. The van der Waals surface area contributed by atoms with Crippen LogP contribution in [0.1, 0.15) is 26.2 Å². The predicted octanol–water partition coefficient (Wildman–Crippen LogP) is 3.75. The van der Waals surface area contributed by atoms with Crippen LogP contribution in [0.15, 0.2) is 10.3 Å². The van der Waals surface area contributed by atoms with Gasteiger partial charge in [-0.25, -0.2) is 0 Å². The van der Waals surface area contributed by atoms with Gasteiger partial charge in [0.05, 0.1) is 4.58 Å². The number of unbranched alkanes of at least 4 members (excludes halogenated alkanes) is 1. The molecule has 64 valence electrons. The molecule has 0 spiro atoms. The first-order valence-corrected chi connectivity index (χ1v) is 6.44. The molecular formula is C8H14S3. The second-order valence-electron chi connectivity index (χ2n) is 2.57. The summed E-state index contributed by atoms with van der Waals surface area (Å²) in [6.07, 6.45) is 4.02. The Kier molecular flexibility index (Phi) is 4.88. The standard InChI is InChI=1S/C8H14S3/c1-2-3-4-8-10-6-7(5-9)11-8/h6,8-9H,2-5H2,1H3. The Bertz CT molecular complexity index is 142. The second-order valence-corrected chi connectivity index (χ2v) is 5.59. The van der Waals surface area contributed by atoms with Crippen LogP contribution < -0.4 is 0 Å². The molecular weight excluding hydrogens is 192 g/mol. The third-order valence-electron chi connectivity index (χ3n) is 1.58. The van der Waals surface area contributed by atoms with Gasteiger partial charge in [0.15, 0.2) is 0 Å². The van der Waals surface area contributed by atoms with E-state index in [0.717, 1.165) is 10.3 Å². The highest BCUT2D eigenvalue weighted by molar-refractivity contribution is 8.23. The zero-order valence-electron chi connectivity index (χ0n) is 6.75. The minimum Gasteiger partial charge on any atom is -0.174 e. The molecule has 1 unspecified atom stereocenters. The van der Waals surface area contributed by atoms with Gasteiger partial charge in [-0.2, -0.15) is 12.6 Å². The van der Waals surface area contributed by atoms with Crippen molar-refractivity contribution >= 4 is 36.2 Å². The van der Waals surface area contributed by atoms with E-state index in [-0.39, 0.29) is 0 Å². The Labute approximate surface area is 83.0 Å². The fourth-order valence-electron chi connectivity index (χ4n) is 0.948. The smallest absolute Gasteiger partial charge is 0.0588 e. The summed E-state index contributed by atoms with van der Waals surface area (Å²) in [6, 6.07) is 0. The second kappa shape index (κ2) is 5.44. The quantitative estimate of drug-likeness (QED) is 0.696. The van der Waals surface area contributed by atoms with Crippen LogP contribution in [-0.2, 0) is 0 Å². The third kappa shape index (κ3) is 3.34. The Morgan fingerprint density at radius 2 is 2.45 bits per heavy atom. The van der Waals surface area contributed by atoms with E-state index in [4.69, 9.17) is 0 Å². The van der Waals surface area contributed by atoms with Crippen LogP contribution in [0.25, 0.3) is 0 Å². The number of rotatable bonds is 4. The van der Waals surface area contributed by atoms with Gasteiger partial charge in [-0.05, 0) is 11.8 Å². The lowest BCUT2D eigenvalue weighted by atomic mass is 10.3. The van der Waals surface area contributed by atoms with Gasteiger partial charge < -0.3 is 0 Å². The zero-order valence-corrected chi connectivity index (χ0v) is 9.27. The van der Waals surface area contributed by atoms with E-state index in [1.54, 1.807) is 0 Å². The van der Waals surface area contributed by atoms with Gasteiger partial charge in [0.2, 0.25) is 0 Å². The van der Waals surface area contributed by atoms with Crippen LogP contribution in [0.4, 0.5) is 0 Å². The van der Waals surface area contributed by atoms with Crippen LogP contribution in [0, 0.1) is 0 Å². The largest absolute Gasteiger partial charge is 0.174 e. The molecule has 0 radical (unpaired) electrons. The molecule has 0 aromatic carbocycles. The molecule has 0 N–H and O–H groups in total. The minimum absolute atomic E-state index is 0.789. The normalized spacial score (nSPS) is 23.8. The SMILES string of the molecule is CCCCC1SC=C(CS)S1. The summed E-state index contributed by atoms with van der Waals surface area (Å²) >= 11 is 8.21. The minimum atomic E-state index is 0.789. The zero-order chi connectivity index (χ0) is 8.10. The van der Waals surface area contributed by atoms with Crippen molar-refractivity contribution in [2.24, 2.45) is 0 Å². The average Bonchev–Trinajstić information content (AvgIpc) is 2.48. The summed E-state index contributed by atoms with van der Waals surface area (Å²) in [4.78, 5) is 1.44. The maximum Gasteiger partial charge on any atom is 0.0588 e. The van der Waals surface area contributed by atoms with Crippen LogP contribution in [0.2, 0.25) is 0 Å².